The third kappa shape index (κ3) is 4.32. The van der Waals surface area contributed by atoms with Crippen LogP contribution in [0.4, 0.5) is 11.5 Å². The third-order valence-corrected chi connectivity index (χ3v) is 3.71. The normalized spacial score (nSPS) is 10.4. The van der Waals surface area contributed by atoms with E-state index in [1.807, 2.05) is 36.4 Å². The molecule has 6 nitrogen and oxygen atoms in total. The van der Waals surface area contributed by atoms with Crippen molar-refractivity contribution in [2.75, 3.05) is 11.1 Å². The Morgan fingerprint density at radius 1 is 1.08 bits per heavy atom. The Hall–Kier alpha value is -3.41. The van der Waals surface area contributed by atoms with Crippen LogP contribution >= 0.6 is 0 Å². The second-order valence-electron chi connectivity index (χ2n) is 5.61. The molecule has 0 bridgehead atoms. The van der Waals surface area contributed by atoms with Gasteiger partial charge in [0.15, 0.2) is 5.78 Å². The van der Waals surface area contributed by atoms with Crippen molar-refractivity contribution in [3.63, 3.8) is 0 Å². The van der Waals surface area contributed by atoms with Crippen LogP contribution in [-0.2, 0) is 13.0 Å². The second kappa shape index (κ2) is 7.44. The summed E-state index contributed by atoms with van der Waals surface area (Å²) in [6.07, 6.45) is 3.16. The minimum absolute atomic E-state index is 0.0410. The number of pyridine rings is 2. The maximum atomic E-state index is 12.3. The lowest BCUT2D eigenvalue weighted by atomic mass is 10.0. The van der Waals surface area contributed by atoms with E-state index < -0.39 is 0 Å². The summed E-state index contributed by atoms with van der Waals surface area (Å²) in [6, 6.07) is 14.4. The highest BCUT2D eigenvalue weighted by molar-refractivity contribution is 5.95. The van der Waals surface area contributed by atoms with Gasteiger partial charge >= 0.3 is 0 Å². The number of nitrogens with zero attached hydrogens (tertiary/aromatic N) is 2. The van der Waals surface area contributed by atoms with Crippen LogP contribution in [0.25, 0.3) is 0 Å². The Morgan fingerprint density at radius 2 is 1.92 bits per heavy atom. The fraction of sp³-hybridized carbons (Fsp3) is 0.105. The highest BCUT2D eigenvalue weighted by atomic mass is 16.3. The molecule has 25 heavy (non-hydrogen) atoms. The van der Waals surface area contributed by atoms with Crippen LogP contribution in [0.15, 0.2) is 60.9 Å². The van der Waals surface area contributed by atoms with E-state index in [0.29, 0.717) is 18.1 Å². The number of anilines is 2. The van der Waals surface area contributed by atoms with Gasteiger partial charge in [0.2, 0.25) is 0 Å². The van der Waals surface area contributed by atoms with Gasteiger partial charge < -0.3 is 16.2 Å². The number of aromatic nitrogens is 2. The van der Waals surface area contributed by atoms with Crippen LogP contribution in [0.5, 0.6) is 5.75 Å². The minimum Gasteiger partial charge on any atom is -0.506 e. The zero-order valence-corrected chi connectivity index (χ0v) is 13.5. The molecule has 3 aromatic rings. The van der Waals surface area contributed by atoms with E-state index in [0.717, 1.165) is 16.8 Å². The van der Waals surface area contributed by atoms with Gasteiger partial charge in [-0.1, -0.05) is 24.3 Å². The van der Waals surface area contributed by atoms with Crippen LogP contribution in [0.3, 0.4) is 0 Å². The maximum Gasteiger partial charge on any atom is 0.185 e. The van der Waals surface area contributed by atoms with Gasteiger partial charge in [-0.3, -0.25) is 4.79 Å². The first-order valence-electron chi connectivity index (χ1n) is 7.82. The lowest BCUT2D eigenvalue weighted by Gasteiger charge is -2.09. The van der Waals surface area contributed by atoms with Crippen molar-refractivity contribution in [1.29, 1.82) is 0 Å². The highest BCUT2D eigenvalue weighted by Crippen LogP contribution is 2.16. The summed E-state index contributed by atoms with van der Waals surface area (Å²) in [5.41, 5.74) is 8.86. The SMILES string of the molecule is Nc1ncccc1NCc1cccc(CC(=O)c2ccc(O)cn2)c1. The summed E-state index contributed by atoms with van der Waals surface area (Å²) in [6.45, 7) is 0.579. The van der Waals surface area contributed by atoms with Crippen molar-refractivity contribution < 1.29 is 9.90 Å². The maximum absolute atomic E-state index is 12.3. The number of hydrogen-bond donors (Lipinski definition) is 3. The highest BCUT2D eigenvalue weighted by Gasteiger charge is 2.09. The van der Waals surface area contributed by atoms with Crippen molar-refractivity contribution in [1.82, 2.24) is 9.97 Å². The second-order valence-corrected chi connectivity index (χ2v) is 5.61. The molecule has 2 heterocycles. The first-order chi connectivity index (χ1) is 12.1. The third-order valence-electron chi connectivity index (χ3n) is 3.71. The Morgan fingerprint density at radius 3 is 2.68 bits per heavy atom. The number of nitrogens with one attached hydrogen (secondary N) is 1. The molecule has 0 radical (unpaired) electrons. The molecular formula is C19H18N4O2. The van der Waals surface area contributed by atoms with Gasteiger partial charge in [-0.25, -0.2) is 9.97 Å². The molecule has 1 aromatic carbocycles. The van der Waals surface area contributed by atoms with Gasteiger partial charge in [0, 0.05) is 19.2 Å². The van der Waals surface area contributed by atoms with Crippen LogP contribution in [0, 0.1) is 0 Å². The molecule has 4 N–H and O–H groups in total. The quantitative estimate of drug-likeness (QED) is 0.599. The van der Waals surface area contributed by atoms with Crippen molar-refractivity contribution in [2.45, 2.75) is 13.0 Å². The number of rotatable bonds is 6. The lowest BCUT2D eigenvalue weighted by molar-refractivity contribution is 0.0988. The zero-order valence-electron chi connectivity index (χ0n) is 13.5. The smallest absolute Gasteiger partial charge is 0.185 e. The van der Waals surface area contributed by atoms with E-state index in [9.17, 15) is 9.90 Å². The van der Waals surface area contributed by atoms with E-state index in [1.165, 1.54) is 18.3 Å². The molecule has 0 atom stereocenters. The molecule has 0 spiro atoms. The largest absolute Gasteiger partial charge is 0.506 e. The van der Waals surface area contributed by atoms with Crippen molar-refractivity contribution in [2.24, 2.45) is 0 Å². The van der Waals surface area contributed by atoms with Crippen LogP contribution in [0.1, 0.15) is 21.6 Å². The summed E-state index contributed by atoms with van der Waals surface area (Å²) < 4.78 is 0. The summed E-state index contributed by atoms with van der Waals surface area (Å²) >= 11 is 0. The fourth-order valence-electron chi connectivity index (χ4n) is 2.44. The predicted octanol–water partition coefficient (Wildman–Crippen LogP) is 2.80. The average molecular weight is 334 g/mol. The summed E-state index contributed by atoms with van der Waals surface area (Å²) in [5.74, 6) is 0.396. The van der Waals surface area contributed by atoms with Gasteiger partial charge in [0.25, 0.3) is 0 Å². The number of nitrogens with two attached hydrogens (primary N) is 1. The molecule has 2 aromatic heterocycles. The van der Waals surface area contributed by atoms with Gasteiger partial charge in [-0.2, -0.15) is 0 Å². The number of nitrogen functional groups attached to an aromatic ring is 1. The van der Waals surface area contributed by atoms with E-state index in [4.69, 9.17) is 5.73 Å². The van der Waals surface area contributed by atoms with E-state index in [2.05, 4.69) is 15.3 Å². The van der Waals surface area contributed by atoms with Gasteiger partial charge in [-0.05, 0) is 35.4 Å². The Balaban J connectivity index is 1.66. The lowest BCUT2D eigenvalue weighted by Crippen LogP contribution is -2.07. The van der Waals surface area contributed by atoms with Crippen molar-refractivity contribution >= 4 is 17.3 Å². The summed E-state index contributed by atoms with van der Waals surface area (Å²) in [5, 5.41) is 12.5. The number of hydrogen-bond acceptors (Lipinski definition) is 6. The topological polar surface area (TPSA) is 101 Å². The first kappa shape index (κ1) is 16.4. The average Bonchev–Trinajstić information content (AvgIpc) is 2.62. The fourth-order valence-corrected chi connectivity index (χ4v) is 2.44. The number of Topliss-reactive ketones (excluding diaryl/α,β-unsaturated/α-hetero) is 1. The van der Waals surface area contributed by atoms with Crippen molar-refractivity contribution in [3.8, 4) is 5.75 Å². The number of aromatic hydroxyl groups is 1. The standard InChI is InChI=1S/C19H18N4O2/c20-19-17(5-2-8-21-19)22-11-14-4-1-3-13(9-14)10-18(25)16-7-6-15(24)12-23-16/h1-9,12,22,24H,10-11H2,(H2,20,21). The molecule has 0 amide bonds. The van der Waals surface area contributed by atoms with Crippen molar-refractivity contribution in [3.05, 3.63) is 77.7 Å². The molecule has 0 saturated carbocycles. The van der Waals surface area contributed by atoms with Crippen LogP contribution < -0.4 is 11.1 Å². The molecular weight excluding hydrogens is 316 g/mol. The molecule has 0 unspecified atom stereocenters. The zero-order chi connectivity index (χ0) is 17.6. The first-order valence-corrected chi connectivity index (χ1v) is 7.82. The van der Waals surface area contributed by atoms with E-state index in [1.54, 1.807) is 6.20 Å². The van der Waals surface area contributed by atoms with E-state index in [-0.39, 0.29) is 18.0 Å². The Bertz CT molecular complexity index is 879. The number of carbonyl (C=O) groups excluding carboxylic acids is 1. The Labute approximate surface area is 145 Å². The number of benzene rings is 1. The summed E-state index contributed by atoms with van der Waals surface area (Å²) in [4.78, 5) is 20.3. The molecule has 0 fully saturated rings. The minimum atomic E-state index is -0.0957. The molecule has 0 saturated heterocycles. The monoisotopic (exact) mass is 334 g/mol. The molecule has 0 aliphatic rings. The molecule has 0 aliphatic carbocycles. The molecule has 0 aliphatic heterocycles. The van der Waals surface area contributed by atoms with E-state index >= 15 is 0 Å². The number of carbonyl (C=O) groups is 1. The molecule has 3 rings (SSSR count). The van der Waals surface area contributed by atoms with Crippen LogP contribution in [-0.4, -0.2) is 20.9 Å². The predicted molar refractivity (Wildman–Crippen MR) is 96.4 cm³/mol. The van der Waals surface area contributed by atoms with Gasteiger partial charge in [-0.15, -0.1) is 0 Å². The van der Waals surface area contributed by atoms with Crippen LogP contribution in [0.2, 0.25) is 0 Å². The number of ketones is 1. The van der Waals surface area contributed by atoms with Gasteiger partial charge in [0.1, 0.15) is 17.3 Å². The van der Waals surface area contributed by atoms with Gasteiger partial charge in [0.05, 0.1) is 11.9 Å². The summed E-state index contributed by atoms with van der Waals surface area (Å²) in [7, 11) is 0. The molecule has 6 heteroatoms. The molecule has 126 valence electrons. The Kier molecular flexibility index (Phi) is 4.89.